The van der Waals surface area contributed by atoms with E-state index in [4.69, 9.17) is 0 Å². The van der Waals surface area contributed by atoms with Gasteiger partial charge in [-0.05, 0) is 30.5 Å². The first-order valence-electron chi connectivity index (χ1n) is 5.24. The summed E-state index contributed by atoms with van der Waals surface area (Å²) < 4.78 is 14.2. The molecule has 1 aromatic rings. The van der Waals surface area contributed by atoms with Gasteiger partial charge < -0.3 is 5.32 Å². The van der Waals surface area contributed by atoms with Crippen molar-refractivity contribution >= 4 is 0 Å². The Bertz CT molecular complexity index is 299. The van der Waals surface area contributed by atoms with E-state index in [9.17, 15) is 4.39 Å². The lowest BCUT2D eigenvalue weighted by Crippen LogP contribution is -2.23. The van der Waals surface area contributed by atoms with Gasteiger partial charge in [-0.2, -0.15) is 0 Å². The van der Waals surface area contributed by atoms with E-state index in [2.05, 4.69) is 12.2 Å². The predicted molar refractivity (Wildman–Crippen MR) is 56.1 cm³/mol. The minimum absolute atomic E-state index is 0.457. The standard InChI is InChI=1S/C12H16FN/c1-2-10-3-5-11(6-4-10)12(13)7-8-14-9-12/h3-6,14H,2,7-9H2,1H3/t12-/m0/s1. The maximum Gasteiger partial charge on any atom is 0.149 e. The molecule has 0 radical (unpaired) electrons. The van der Waals surface area contributed by atoms with E-state index in [0.29, 0.717) is 13.0 Å². The summed E-state index contributed by atoms with van der Waals surface area (Å²) in [7, 11) is 0. The van der Waals surface area contributed by atoms with Crippen LogP contribution >= 0.6 is 0 Å². The summed E-state index contributed by atoms with van der Waals surface area (Å²) in [6.07, 6.45) is 1.61. The summed E-state index contributed by atoms with van der Waals surface area (Å²) in [6.45, 7) is 3.35. The third kappa shape index (κ3) is 1.67. The smallest absolute Gasteiger partial charge is 0.149 e. The first kappa shape index (κ1) is 9.66. The van der Waals surface area contributed by atoms with Crippen molar-refractivity contribution in [2.75, 3.05) is 13.1 Å². The van der Waals surface area contributed by atoms with Gasteiger partial charge in [-0.1, -0.05) is 31.2 Å². The molecule has 1 aliphatic rings. The Kier molecular flexibility index (Phi) is 2.55. The molecule has 14 heavy (non-hydrogen) atoms. The maximum absolute atomic E-state index is 14.2. The Labute approximate surface area is 84.3 Å². The lowest BCUT2D eigenvalue weighted by atomic mass is 9.94. The van der Waals surface area contributed by atoms with E-state index in [0.717, 1.165) is 18.5 Å². The molecule has 2 rings (SSSR count). The number of benzene rings is 1. The van der Waals surface area contributed by atoms with Crippen LogP contribution < -0.4 is 5.32 Å². The summed E-state index contributed by atoms with van der Waals surface area (Å²) in [4.78, 5) is 0. The monoisotopic (exact) mass is 193 g/mol. The normalized spacial score (nSPS) is 26.7. The molecule has 0 aromatic heterocycles. The summed E-state index contributed by atoms with van der Waals surface area (Å²) >= 11 is 0. The fourth-order valence-corrected chi connectivity index (χ4v) is 1.95. The van der Waals surface area contributed by atoms with Crippen LogP contribution in [0.4, 0.5) is 4.39 Å². The molecule has 76 valence electrons. The Morgan fingerprint density at radius 2 is 2.07 bits per heavy atom. The highest BCUT2D eigenvalue weighted by molar-refractivity contribution is 5.28. The van der Waals surface area contributed by atoms with E-state index in [1.807, 2.05) is 24.3 Å². The van der Waals surface area contributed by atoms with Crippen LogP contribution in [0.15, 0.2) is 24.3 Å². The van der Waals surface area contributed by atoms with E-state index in [1.165, 1.54) is 5.56 Å². The molecule has 1 fully saturated rings. The third-order valence-corrected chi connectivity index (χ3v) is 2.98. The van der Waals surface area contributed by atoms with E-state index >= 15 is 0 Å². The SMILES string of the molecule is CCc1ccc([C@]2(F)CCNC2)cc1. The second-order valence-electron chi connectivity index (χ2n) is 3.94. The van der Waals surface area contributed by atoms with Gasteiger partial charge in [-0.15, -0.1) is 0 Å². The molecule has 1 heterocycles. The van der Waals surface area contributed by atoms with E-state index < -0.39 is 5.67 Å². The van der Waals surface area contributed by atoms with Crippen LogP contribution in [0, 0.1) is 0 Å². The molecule has 0 spiro atoms. The summed E-state index contributed by atoms with van der Waals surface area (Å²) in [5.74, 6) is 0. The Morgan fingerprint density at radius 3 is 2.57 bits per heavy atom. The first-order chi connectivity index (χ1) is 6.74. The van der Waals surface area contributed by atoms with Crippen LogP contribution in [0.3, 0.4) is 0 Å². The van der Waals surface area contributed by atoms with Crippen molar-refractivity contribution in [3.8, 4) is 0 Å². The minimum atomic E-state index is -1.13. The molecule has 1 nitrogen and oxygen atoms in total. The number of hydrogen-bond acceptors (Lipinski definition) is 1. The average molecular weight is 193 g/mol. The fraction of sp³-hybridized carbons (Fsp3) is 0.500. The summed E-state index contributed by atoms with van der Waals surface area (Å²) in [5.41, 5.74) is 0.953. The summed E-state index contributed by atoms with van der Waals surface area (Å²) in [5, 5.41) is 3.06. The third-order valence-electron chi connectivity index (χ3n) is 2.98. The van der Waals surface area contributed by atoms with Gasteiger partial charge in [0.2, 0.25) is 0 Å². The van der Waals surface area contributed by atoms with Gasteiger partial charge in [-0.3, -0.25) is 0 Å². The maximum atomic E-state index is 14.2. The Hall–Kier alpha value is -0.890. The Morgan fingerprint density at radius 1 is 1.36 bits per heavy atom. The van der Waals surface area contributed by atoms with Crippen LogP contribution in [-0.4, -0.2) is 13.1 Å². The van der Waals surface area contributed by atoms with Gasteiger partial charge in [0, 0.05) is 6.54 Å². The van der Waals surface area contributed by atoms with Gasteiger partial charge in [0.05, 0.1) is 0 Å². The van der Waals surface area contributed by atoms with Crippen molar-refractivity contribution in [3.05, 3.63) is 35.4 Å². The molecule has 1 aromatic carbocycles. The lowest BCUT2D eigenvalue weighted by Gasteiger charge is -2.18. The van der Waals surface area contributed by atoms with Crippen molar-refractivity contribution in [1.82, 2.24) is 5.32 Å². The van der Waals surface area contributed by atoms with Crippen LogP contribution in [0.5, 0.6) is 0 Å². The fourth-order valence-electron chi connectivity index (χ4n) is 1.95. The molecule has 0 aliphatic carbocycles. The zero-order valence-corrected chi connectivity index (χ0v) is 8.52. The van der Waals surface area contributed by atoms with Crippen molar-refractivity contribution in [3.63, 3.8) is 0 Å². The lowest BCUT2D eigenvalue weighted by molar-refractivity contribution is 0.193. The highest BCUT2D eigenvalue weighted by atomic mass is 19.1. The van der Waals surface area contributed by atoms with Gasteiger partial charge in [0.1, 0.15) is 5.67 Å². The molecule has 1 N–H and O–H groups in total. The Balaban J connectivity index is 2.23. The van der Waals surface area contributed by atoms with Gasteiger partial charge >= 0.3 is 0 Å². The van der Waals surface area contributed by atoms with Crippen molar-refractivity contribution in [2.45, 2.75) is 25.4 Å². The molecule has 0 bridgehead atoms. The molecule has 2 heteroatoms. The predicted octanol–water partition coefficient (Wildman–Crippen LogP) is 2.41. The van der Waals surface area contributed by atoms with Crippen LogP contribution in [0.1, 0.15) is 24.5 Å². The van der Waals surface area contributed by atoms with Gasteiger partial charge in [0.15, 0.2) is 0 Å². The topological polar surface area (TPSA) is 12.0 Å². The van der Waals surface area contributed by atoms with Crippen molar-refractivity contribution in [1.29, 1.82) is 0 Å². The molecule has 1 atom stereocenters. The zero-order chi connectivity index (χ0) is 10.0. The molecule has 1 aliphatic heterocycles. The second-order valence-corrected chi connectivity index (χ2v) is 3.94. The van der Waals surface area contributed by atoms with Gasteiger partial charge in [-0.25, -0.2) is 4.39 Å². The zero-order valence-electron chi connectivity index (χ0n) is 8.52. The number of alkyl halides is 1. The molecule has 1 saturated heterocycles. The number of hydrogen-bond donors (Lipinski definition) is 1. The quantitative estimate of drug-likeness (QED) is 0.760. The van der Waals surface area contributed by atoms with E-state index in [1.54, 1.807) is 0 Å². The highest BCUT2D eigenvalue weighted by Gasteiger charge is 2.35. The number of nitrogens with one attached hydrogen (secondary N) is 1. The molecular formula is C12H16FN. The first-order valence-corrected chi connectivity index (χ1v) is 5.24. The van der Waals surface area contributed by atoms with Crippen molar-refractivity contribution < 1.29 is 4.39 Å². The largest absolute Gasteiger partial charge is 0.313 e. The van der Waals surface area contributed by atoms with Crippen molar-refractivity contribution in [2.24, 2.45) is 0 Å². The second kappa shape index (κ2) is 3.70. The minimum Gasteiger partial charge on any atom is -0.313 e. The van der Waals surface area contributed by atoms with E-state index in [-0.39, 0.29) is 0 Å². The van der Waals surface area contributed by atoms with Crippen LogP contribution in [0.25, 0.3) is 0 Å². The number of rotatable bonds is 2. The average Bonchev–Trinajstić information content (AvgIpc) is 2.67. The molecule has 0 saturated carbocycles. The highest BCUT2D eigenvalue weighted by Crippen LogP contribution is 2.32. The van der Waals surface area contributed by atoms with Crippen LogP contribution in [0.2, 0.25) is 0 Å². The molecular weight excluding hydrogens is 177 g/mol. The van der Waals surface area contributed by atoms with Crippen LogP contribution in [-0.2, 0) is 12.1 Å². The van der Waals surface area contributed by atoms with Gasteiger partial charge in [0.25, 0.3) is 0 Å². The summed E-state index contributed by atoms with van der Waals surface area (Å²) in [6, 6.07) is 7.89. The number of halogens is 1. The molecule has 0 unspecified atom stereocenters. The number of aryl methyl sites for hydroxylation is 1. The molecule has 0 amide bonds.